The van der Waals surface area contributed by atoms with Gasteiger partial charge in [-0.1, -0.05) is 0 Å². The second kappa shape index (κ2) is 8.99. The molecule has 5 nitrogen and oxygen atoms in total. The fourth-order valence-electron chi connectivity index (χ4n) is 0. The maximum atomic E-state index is 10.6. The van der Waals surface area contributed by atoms with Crippen molar-refractivity contribution in [2.75, 3.05) is 0 Å². The molecule has 0 fully saturated rings. The van der Waals surface area contributed by atoms with Crippen molar-refractivity contribution in [1.82, 2.24) is 0 Å². The predicted molar refractivity (Wildman–Crippen MR) is 32.3 cm³/mol. The molecule has 16 heavy (non-hydrogen) atoms. The van der Waals surface area contributed by atoms with Gasteiger partial charge in [0.25, 0.3) is 0 Å². The Hall–Kier alpha value is -0.0966. The first kappa shape index (κ1) is 21.2. The number of hydrogen-bond donors (Lipinski definition) is 1. The number of halogens is 6. The van der Waals surface area contributed by atoms with Crippen molar-refractivity contribution in [3.8, 4) is 0 Å². The predicted octanol–water partition coefficient (Wildman–Crippen LogP) is 1.93. The third kappa shape index (κ3) is 16.3. The fraction of sp³-hybridized carbons (Fsp3) is 1.00. The first-order valence-electron chi connectivity index (χ1n) is 2.56. The average molecular weight is 347 g/mol. The molecule has 0 radical (unpaired) electrons. The molecule has 0 saturated heterocycles. The topological polar surface area (TPSA) is 92.1 Å². The second-order valence-electron chi connectivity index (χ2n) is 1.36. The van der Waals surface area contributed by atoms with Gasteiger partial charge in [0.2, 0.25) is 0 Å². The molecule has 0 aromatic carbocycles. The second-order valence-corrected chi connectivity index (χ2v) is 3.23. The summed E-state index contributed by atoms with van der Waals surface area (Å²) in [6.45, 7) is 0. The van der Waals surface area contributed by atoms with E-state index < -0.39 is 32.4 Å². The summed E-state index contributed by atoms with van der Waals surface area (Å²) in [5, 5.41) is 0. The van der Waals surface area contributed by atoms with Crippen molar-refractivity contribution >= 4 is 21.4 Å². The van der Waals surface area contributed by atoms with Gasteiger partial charge >= 0.3 is 33.2 Å². The zero-order valence-corrected chi connectivity index (χ0v) is 11.5. The number of alkyl halides is 6. The molecule has 0 aromatic heterocycles. The molecule has 0 bridgehead atoms. The molecule has 14 heteroatoms. The first-order valence-corrected chi connectivity index (χ1v) is 6.20. The quantitative estimate of drug-likeness (QED) is 0.412. The van der Waals surface area contributed by atoms with Crippen LogP contribution in [0.25, 0.3) is 0 Å². The summed E-state index contributed by atoms with van der Waals surface area (Å²) in [6.07, 6.45) is 0. The summed E-state index contributed by atoms with van der Waals surface area (Å²) >= 11 is 0.625. The van der Waals surface area contributed by atoms with Crippen molar-refractivity contribution < 1.29 is 61.3 Å². The van der Waals surface area contributed by atoms with E-state index in [-0.39, 0.29) is 0 Å². The zero-order chi connectivity index (χ0) is 14.2. The molecule has 0 rings (SSSR count). The van der Waals surface area contributed by atoms with Crippen LogP contribution in [0.4, 0.5) is 26.3 Å². The molecule has 0 aliphatic rings. The van der Waals surface area contributed by atoms with Gasteiger partial charge in [0, 0.05) is 21.4 Å². The summed E-state index contributed by atoms with van der Waals surface area (Å²) in [6, 6.07) is 0. The van der Waals surface area contributed by atoms with Crippen LogP contribution in [0.1, 0.15) is 0 Å². The van der Waals surface area contributed by atoms with Crippen LogP contribution in [0.5, 0.6) is 0 Å². The van der Waals surface area contributed by atoms with Crippen LogP contribution in [0, 0.1) is 4.10 Å². The van der Waals surface area contributed by atoms with Crippen LogP contribution in [-0.4, -0.2) is 11.0 Å². The van der Waals surface area contributed by atoms with Crippen LogP contribution >= 0.6 is 0 Å². The SMILES string of the molecule is O=[S-](=O)C(F)(F)F.O=[S-](=O)C(F)(F)F.[NH]=[Zn]. The van der Waals surface area contributed by atoms with Crippen LogP contribution in [0.2, 0.25) is 0 Å². The molecule has 0 saturated carbocycles. The average Bonchev–Trinajstić information content (AvgIpc) is 2.05. The van der Waals surface area contributed by atoms with Gasteiger partial charge in [-0.05, 0) is 0 Å². The van der Waals surface area contributed by atoms with E-state index in [9.17, 15) is 26.3 Å². The van der Waals surface area contributed by atoms with Crippen LogP contribution in [0.3, 0.4) is 0 Å². The third-order valence-corrected chi connectivity index (χ3v) is 1.13. The molecular weight excluding hydrogens is 346 g/mol. The Morgan fingerprint density at radius 1 is 0.688 bits per heavy atom. The Morgan fingerprint density at radius 3 is 0.750 bits per heavy atom. The zero-order valence-electron chi connectivity index (χ0n) is 6.92. The summed E-state index contributed by atoms with van der Waals surface area (Å²) in [5.74, 6) is 0. The van der Waals surface area contributed by atoms with Gasteiger partial charge in [-0.3, -0.25) is 0 Å². The van der Waals surface area contributed by atoms with Gasteiger partial charge in [0.05, 0.1) is 0 Å². The molecule has 96 valence electrons. The Morgan fingerprint density at radius 2 is 0.750 bits per heavy atom. The Balaban J connectivity index is -0.000000183. The molecular formula is C2HF6NO4S2Zn-2. The standard InChI is InChI=1S/2CF3O2S.HN.Zn/c2*2-1(3,4)7(5)6;;/h;;1H;/q2*-1;;. The number of rotatable bonds is 0. The van der Waals surface area contributed by atoms with Crippen molar-refractivity contribution in [2.45, 2.75) is 11.0 Å². The van der Waals surface area contributed by atoms with Crippen LogP contribution < -0.4 is 0 Å². The van der Waals surface area contributed by atoms with Gasteiger partial charge in [0.15, 0.2) is 0 Å². The summed E-state index contributed by atoms with van der Waals surface area (Å²) in [5.41, 5.74) is -10.2. The molecule has 0 aliphatic heterocycles. The number of nitrogens with one attached hydrogen (secondary N) is 1. The van der Waals surface area contributed by atoms with E-state index in [4.69, 9.17) is 20.9 Å². The molecule has 0 aromatic rings. The monoisotopic (exact) mass is 345 g/mol. The number of hydrogen-bond acceptors (Lipinski definition) is 7. The Labute approximate surface area is 98.0 Å². The van der Waals surface area contributed by atoms with E-state index in [0.717, 1.165) is 0 Å². The summed E-state index contributed by atoms with van der Waals surface area (Å²) < 4.78 is 105. The minimum absolute atomic E-state index is 0.625. The van der Waals surface area contributed by atoms with E-state index in [1.165, 1.54) is 0 Å². The molecule has 0 spiro atoms. The Kier molecular flexibility index (Phi) is 11.9. The summed E-state index contributed by atoms with van der Waals surface area (Å²) in [4.78, 5) is 0. The van der Waals surface area contributed by atoms with E-state index in [1.54, 1.807) is 0 Å². The Bertz CT molecular complexity index is 282. The minimum atomic E-state index is -5.08. The molecule has 1 N–H and O–H groups in total. The van der Waals surface area contributed by atoms with Gasteiger partial charge in [-0.2, -0.15) is 26.3 Å². The molecule has 0 aliphatic carbocycles. The molecule has 0 heterocycles. The van der Waals surface area contributed by atoms with Crippen molar-refractivity contribution in [3.05, 3.63) is 0 Å². The van der Waals surface area contributed by atoms with Crippen LogP contribution in [0.15, 0.2) is 0 Å². The molecule has 0 unspecified atom stereocenters. The van der Waals surface area contributed by atoms with E-state index in [1.807, 2.05) is 0 Å². The normalized spacial score (nSPS) is 11.4. The molecule has 0 atom stereocenters. The van der Waals surface area contributed by atoms with Crippen molar-refractivity contribution in [1.29, 1.82) is 4.10 Å². The van der Waals surface area contributed by atoms with Crippen molar-refractivity contribution in [2.24, 2.45) is 0 Å². The molecule has 0 amide bonds. The first-order chi connectivity index (χ1) is 6.89. The fourth-order valence-corrected chi connectivity index (χ4v) is 0. The summed E-state index contributed by atoms with van der Waals surface area (Å²) in [7, 11) is -7.87. The van der Waals surface area contributed by atoms with Gasteiger partial charge in [-0.25, -0.2) is 0 Å². The van der Waals surface area contributed by atoms with Gasteiger partial charge in [-0.15, -0.1) is 0 Å². The third-order valence-electron chi connectivity index (χ3n) is 0.378. The van der Waals surface area contributed by atoms with Gasteiger partial charge in [0.1, 0.15) is 0 Å². The van der Waals surface area contributed by atoms with Crippen molar-refractivity contribution in [3.63, 3.8) is 0 Å². The van der Waals surface area contributed by atoms with Crippen LogP contribution in [-0.2, 0) is 56.4 Å². The van der Waals surface area contributed by atoms with E-state index >= 15 is 0 Å². The van der Waals surface area contributed by atoms with E-state index in [2.05, 4.69) is 0 Å². The maximum absolute atomic E-state index is 10.6. The van der Waals surface area contributed by atoms with Gasteiger partial charge < -0.3 is 16.8 Å². The van der Waals surface area contributed by atoms with E-state index in [0.29, 0.717) is 18.1 Å².